The van der Waals surface area contributed by atoms with E-state index >= 15 is 0 Å². The molecule has 0 aliphatic rings. The van der Waals surface area contributed by atoms with Crippen LogP contribution in [0, 0.1) is 0 Å². The fraction of sp³-hybridized carbons (Fsp3) is 0. The van der Waals surface area contributed by atoms with Crippen LogP contribution in [-0.2, 0) is 10.1 Å². The molecule has 0 fully saturated rings. The van der Waals surface area contributed by atoms with Crippen LogP contribution in [0.25, 0.3) is 0 Å². The first-order valence-electron chi connectivity index (χ1n) is 2.22. The van der Waals surface area contributed by atoms with Gasteiger partial charge in [0.2, 0.25) is 0 Å². The Kier molecular flexibility index (Phi) is 4.79. The van der Waals surface area contributed by atoms with Crippen LogP contribution < -0.4 is 29.6 Å². The summed E-state index contributed by atoms with van der Waals surface area (Å²) in [5, 5.41) is 1.58. The molecule has 0 amide bonds. The molecule has 0 saturated heterocycles. The molecule has 3 nitrogen and oxygen atoms in total. The molecule has 11 heavy (non-hydrogen) atoms. The van der Waals surface area contributed by atoms with Gasteiger partial charge in [-0.05, 0) is 27.4 Å². The van der Waals surface area contributed by atoms with Crippen molar-refractivity contribution in [1.82, 2.24) is 0 Å². The van der Waals surface area contributed by atoms with Gasteiger partial charge in [-0.15, -0.1) is 11.3 Å². The first-order chi connectivity index (χ1) is 4.52. The molecule has 1 heterocycles. The minimum absolute atomic E-state index is 0. The molecule has 0 radical (unpaired) electrons. The van der Waals surface area contributed by atoms with Gasteiger partial charge in [0.25, 0.3) is 10.1 Å². The Morgan fingerprint density at radius 1 is 1.64 bits per heavy atom. The molecule has 0 saturated carbocycles. The molecule has 0 aliphatic carbocycles. The second-order valence-corrected chi connectivity index (χ2v) is 5.16. The molecule has 0 atom stereocenters. The maximum atomic E-state index is 10.4. The van der Waals surface area contributed by atoms with E-state index in [2.05, 4.69) is 15.9 Å². The quantitative estimate of drug-likeness (QED) is 0.517. The third-order valence-corrected chi connectivity index (χ3v) is 3.84. The molecule has 0 unspecified atom stereocenters. The van der Waals surface area contributed by atoms with Gasteiger partial charge in [-0.3, -0.25) is 4.55 Å². The van der Waals surface area contributed by atoms with Crippen LogP contribution >= 0.6 is 27.3 Å². The number of hydrogen-bond donors (Lipinski definition) is 1. The van der Waals surface area contributed by atoms with Gasteiger partial charge in [-0.1, -0.05) is 0 Å². The Bertz CT molecular complexity index is 336. The summed E-state index contributed by atoms with van der Waals surface area (Å²) < 4.78 is 29.8. The van der Waals surface area contributed by atoms with E-state index in [-0.39, 0.29) is 35.9 Å². The molecular formula is C4H4BrNaO3S2. The van der Waals surface area contributed by atoms with Crippen molar-refractivity contribution in [2.45, 2.75) is 4.90 Å². The minimum atomic E-state index is -4.03. The molecule has 0 aromatic carbocycles. The second-order valence-electron chi connectivity index (χ2n) is 1.53. The molecule has 7 heteroatoms. The SMILES string of the molecule is O=S(=O)(O)c1ccsc1Br.[H-].[Na+]. The second kappa shape index (κ2) is 4.36. The first-order valence-corrected chi connectivity index (χ1v) is 5.33. The molecular weight excluding hydrogens is 263 g/mol. The van der Waals surface area contributed by atoms with Gasteiger partial charge in [-0.2, -0.15) is 8.42 Å². The maximum Gasteiger partial charge on any atom is 1.00 e. The molecule has 1 N–H and O–H groups in total. The van der Waals surface area contributed by atoms with Crippen molar-refractivity contribution in [3.63, 3.8) is 0 Å². The van der Waals surface area contributed by atoms with Crippen molar-refractivity contribution in [3.8, 4) is 0 Å². The molecule has 1 aromatic heterocycles. The number of hydrogen-bond acceptors (Lipinski definition) is 3. The zero-order valence-electron chi connectivity index (χ0n) is 6.61. The van der Waals surface area contributed by atoms with E-state index in [0.717, 1.165) is 0 Å². The number of halogens is 1. The summed E-state index contributed by atoms with van der Waals surface area (Å²) in [5.41, 5.74) is 0. The van der Waals surface area contributed by atoms with E-state index in [1.807, 2.05) is 0 Å². The third kappa shape index (κ3) is 3.14. The van der Waals surface area contributed by atoms with E-state index < -0.39 is 10.1 Å². The summed E-state index contributed by atoms with van der Waals surface area (Å²) in [5.74, 6) is 0. The van der Waals surface area contributed by atoms with Gasteiger partial charge in [0.15, 0.2) is 0 Å². The molecule has 58 valence electrons. The fourth-order valence-electron chi connectivity index (χ4n) is 0.467. The summed E-state index contributed by atoms with van der Waals surface area (Å²) in [6, 6.07) is 1.34. The molecule has 0 aliphatic heterocycles. The van der Waals surface area contributed by atoms with Gasteiger partial charge < -0.3 is 1.43 Å². The van der Waals surface area contributed by atoms with E-state index in [4.69, 9.17) is 4.55 Å². The van der Waals surface area contributed by atoms with Crippen molar-refractivity contribution >= 4 is 37.4 Å². The zero-order valence-corrected chi connectivity index (χ0v) is 10.8. The summed E-state index contributed by atoms with van der Waals surface area (Å²) >= 11 is 4.19. The summed E-state index contributed by atoms with van der Waals surface area (Å²) in [4.78, 5) is -0.0718. The van der Waals surface area contributed by atoms with Crippen molar-refractivity contribution < 1.29 is 44.0 Å². The largest absolute Gasteiger partial charge is 1.00 e. The van der Waals surface area contributed by atoms with E-state index in [0.29, 0.717) is 3.79 Å². The van der Waals surface area contributed by atoms with Crippen molar-refractivity contribution in [1.29, 1.82) is 0 Å². The Balaban J connectivity index is 0. The Hall–Kier alpha value is 1.09. The normalized spacial score (nSPS) is 10.7. The Labute approximate surface area is 100 Å². The average Bonchev–Trinajstić information content (AvgIpc) is 2.11. The van der Waals surface area contributed by atoms with Gasteiger partial charge in [0.1, 0.15) is 4.90 Å². The van der Waals surface area contributed by atoms with Crippen molar-refractivity contribution in [2.24, 2.45) is 0 Å². The van der Waals surface area contributed by atoms with E-state index in [9.17, 15) is 8.42 Å². The zero-order chi connectivity index (χ0) is 7.78. The first kappa shape index (κ1) is 12.1. The smallest absolute Gasteiger partial charge is 1.00 e. The van der Waals surface area contributed by atoms with Gasteiger partial charge in [-0.25, -0.2) is 0 Å². The Morgan fingerprint density at radius 3 is 2.36 bits per heavy atom. The predicted octanol–water partition coefficient (Wildman–Crippen LogP) is -1.13. The molecule has 0 bridgehead atoms. The van der Waals surface area contributed by atoms with Crippen molar-refractivity contribution in [2.75, 3.05) is 0 Å². The van der Waals surface area contributed by atoms with Crippen LogP contribution in [0.1, 0.15) is 1.43 Å². The van der Waals surface area contributed by atoms with E-state index in [1.165, 1.54) is 17.4 Å². The van der Waals surface area contributed by atoms with Crippen LogP contribution in [-0.4, -0.2) is 13.0 Å². The van der Waals surface area contributed by atoms with Crippen LogP contribution in [0.4, 0.5) is 0 Å². The monoisotopic (exact) mass is 266 g/mol. The summed E-state index contributed by atoms with van der Waals surface area (Å²) in [6.07, 6.45) is 0. The Morgan fingerprint density at radius 2 is 2.18 bits per heavy atom. The third-order valence-electron chi connectivity index (χ3n) is 0.863. The molecule has 0 spiro atoms. The predicted molar refractivity (Wildman–Crippen MR) is 42.9 cm³/mol. The van der Waals surface area contributed by atoms with Crippen molar-refractivity contribution in [3.05, 3.63) is 15.2 Å². The summed E-state index contributed by atoms with van der Waals surface area (Å²) in [7, 11) is -4.03. The van der Waals surface area contributed by atoms with Gasteiger partial charge in [0.05, 0.1) is 3.79 Å². The van der Waals surface area contributed by atoms with Crippen LogP contribution in [0.2, 0.25) is 0 Å². The molecule has 1 aromatic rings. The van der Waals surface area contributed by atoms with Crippen LogP contribution in [0.5, 0.6) is 0 Å². The fourth-order valence-corrected chi connectivity index (χ4v) is 3.03. The number of thiophene rings is 1. The molecule has 1 rings (SSSR count). The average molecular weight is 267 g/mol. The standard InChI is InChI=1S/C4H3BrO3S2.Na.H/c5-4-3(1-2-9-4)10(6,7)8;;/h1-2H,(H,6,7,8);;/q;+1;-1. The minimum Gasteiger partial charge on any atom is -1.00 e. The maximum absolute atomic E-state index is 10.4. The van der Waals surface area contributed by atoms with Gasteiger partial charge >= 0.3 is 29.6 Å². The van der Waals surface area contributed by atoms with Crippen LogP contribution in [0.15, 0.2) is 20.1 Å². The summed E-state index contributed by atoms with van der Waals surface area (Å²) in [6.45, 7) is 0. The van der Waals surface area contributed by atoms with Crippen LogP contribution in [0.3, 0.4) is 0 Å². The topological polar surface area (TPSA) is 54.4 Å². The van der Waals surface area contributed by atoms with E-state index in [1.54, 1.807) is 5.38 Å². The van der Waals surface area contributed by atoms with Gasteiger partial charge in [0, 0.05) is 0 Å². The number of rotatable bonds is 1.